The summed E-state index contributed by atoms with van der Waals surface area (Å²) < 4.78 is 38.4. The SMILES string of the molecule is Cc1[nH]c(-c2cccc(C(F)(F)F)c2)nc(=S)c1C. The molecule has 2 rings (SSSR count). The van der Waals surface area contributed by atoms with E-state index in [4.69, 9.17) is 12.2 Å². The molecular weight excluding hydrogens is 273 g/mol. The van der Waals surface area contributed by atoms with E-state index in [1.165, 1.54) is 6.07 Å². The van der Waals surface area contributed by atoms with Crippen LogP contribution in [0.15, 0.2) is 24.3 Å². The quantitative estimate of drug-likeness (QED) is 0.784. The standard InChI is InChI=1S/C13H11F3N2S/c1-7-8(2)17-11(18-12(7)19)9-4-3-5-10(6-9)13(14,15)16/h3-6H,1-2H3,(H,17,18,19). The normalized spacial score (nSPS) is 11.6. The minimum atomic E-state index is -4.37. The van der Waals surface area contributed by atoms with Crippen molar-refractivity contribution in [3.05, 3.63) is 45.7 Å². The molecule has 0 saturated carbocycles. The van der Waals surface area contributed by atoms with Gasteiger partial charge in [-0.2, -0.15) is 13.2 Å². The number of benzene rings is 1. The molecule has 0 aliphatic heterocycles. The molecule has 0 bridgehead atoms. The van der Waals surface area contributed by atoms with Crippen molar-refractivity contribution in [2.45, 2.75) is 20.0 Å². The maximum atomic E-state index is 12.7. The Balaban J connectivity index is 2.57. The van der Waals surface area contributed by atoms with Gasteiger partial charge < -0.3 is 4.98 Å². The van der Waals surface area contributed by atoms with Gasteiger partial charge in [0.15, 0.2) is 0 Å². The minimum Gasteiger partial charge on any atom is -0.343 e. The lowest BCUT2D eigenvalue weighted by molar-refractivity contribution is -0.137. The molecule has 0 saturated heterocycles. The molecule has 0 atom stereocenters. The first kappa shape index (κ1) is 13.7. The first-order valence-electron chi connectivity index (χ1n) is 5.54. The Morgan fingerprint density at radius 3 is 2.47 bits per heavy atom. The smallest absolute Gasteiger partial charge is 0.343 e. The van der Waals surface area contributed by atoms with Crippen LogP contribution in [-0.2, 0) is 6.18 Å². The van der Waals surface area contributed by atoms with E-state index in [0.717, 1.165) is 23.4 Å². The molecule has 0 aliphatic carbocycles. The molecule has 1 N–H and O–H groups in total. The van der Waals surface area contributed by atoms with Crippen molar-refractivity contribution in [2.24, 2.45) is 0 Å². The van der Waals surface area contributed by atoms with Crippen molar-refractivity contribution >= 4 is 12.2 Å². The van der Waals surface area contributed by atoms with Crippen molar-refractivity contribution in [3.63, 3.8) is 0 Å². The van der Waals surface area contributed by atoms with Gasteiger partial charge in [0.05, 0.1) is 5.56 Å². The zero-order chi connectivity index (χ0) is 14.2. The monoisotopic (exact) mass is 284 g/mol. The Hall–Kier alpha value is -1.69. The van der Waals surface area contributed by atoms with Crippen molar-refractivity contribution in [1.29, 1.82) is 0 Å². The molecule has 1 aromatic carbocycles. The van der Waals surface area contributed by atoms with Gasteiger partial charge in [-0.1, -0.05) is 24.4 Å². The van der Waals surface area contributed by atoms with Gasteiger partial charge in [-0.05, 0) is 26.0 Å². The summed E-state index contributed by atoms with van der Waals surface area (Å²) in [5, 5.41) is 0. The summed E-state index contributed by atoms with van der Waals surface area (Å²) in [6.07, 6.45) is -4.37. The molecule has 100 valence electrons. The summed E-state index contributed by atoms with van der Waals surface area (Å²) in [6, 6.07) is 5.01. The number of halogens is 3. The molecule has 0 fully saturated rings. The molecule has 1 aromatic heterocycles. The predicted octanol–water partition coefficient (Wildman–Crippen LogP) is 4.44. The molecule has 2 nitrogen and oxygen atoms in total. The van der Waals surface area contributed by atoms with E-state index in [2.05, 4.69) is 9.97 Å². The van der Waals surface area contributed by atoms with Gasteiger partial charge >= 0.3 is 6.18 Å². The van der Waals surface area contributed by atoms with Gasteiger partial charge in [0.25, 0.3) is 0 Å². The highest BCUT2D eigenvalue weighted by Gasteiger charge is 2.30. The second-order valence-electron chi connectivity index (χ2n) is 4.22. The summed E-state index contributed by atoms with van der Waals surface area (Å²) in [5.41, 5.74) is 1.28. The third-order valence-corrected chi connectivity index (χ3v) is 3.26. The Kier molecular flexibility index (Phi) is 3.45. The fourth-order valence-corrected chi connectivity index (χ4v) is 1.87. The molecule has 6 heteroatoms. The number of hydrogen-bond donors (Lipinski definition) is 1. The first-order valence-corrected chi connectivity index (χ1v) is 5.95. The van der Waals surface area contributed by atoms with Crippen LogP contribution in [0, 0.1) is 18.5 Å². The highest BCUT2D eigenvalue weighted by molar-refractivity contribution is 7.71. The molecule has 0 unspecified atom stereocenters. The summed E-state index contributed by atoms with van der Waals surface area (Å²) in [7, 11) is 0. The molecule has 0 spiro atoms. The number of aryl methyl sites for hydroxylation is 1. The zero-order valence-electron chi connectivity index (χ0n) is 10.3. The Labute approximate surface area is 113 Å². The van der Waals surface area contributed by atoms with Crippen molar-refractivity contribution in [1.82, 2.24) is 9.97 Å². The topological polar surface area (TPSA) is 28.7 Å². The molecule has 1 heterocycles. The maximum Gasteiger partial charge on any atom is 0.416 e. The van der Waals surface area contributed by atoms with Crippen LogP contribution in [0.3, 0.4) is 0 Å². The number of H-pyrrole nitrogens is 1. The molecular formula is C13H11F3N2S. The van der Waals surface area contributed by atoms with Gasteiger partial charge in [0.1, 0.15) is 10.5 Å². The van der Waals surface area contributed by atoms with Crippen LogP contribution in [0.4, 0.5) is 13.2 Å². The van der Waals surface area contributed by atoms with E-state index < -0.39 is 11.7 Å². The van der Waals surface area contributed by atoms with Crippen LogP contribution in [-0.4, -0.2) is 9.97 Å². The lowest BCUT2D eigenvalue weighted by Gasteiger charge is -2.09. The molecule has 0 aliphatic rings. The third-order valence-electron chi connectivity index (χ3n) is 2.87. The zero-order valence-corrected chi connectivity index (χ0v) is 11.1. The van der Waals surface area contributed by atoms with E-state index in [-0.39, 0.29) is 0 Å². The summed E-state index contributed by atoms with van der Waals surface area (Å²) in [5.74, 6) is 0.346. The number of aromatic nitrogens is 2. The van der Waals surface area contributed by atoms with E-state index in [1.54, 1.807) is 6.07 Å². The van der Waals surface area contributed by atoms with Gasteiger partial charge in [-0.25, -0.2) is 4.98 Å². The summed E-state index contributed by atoms with van der Waals surface area (Å²) in [6.45, 7) is 3.63. The average molecular weight is 284 g/mol. The second kappa shape index (κ2) is 4.77. The molecule has 0 amide bonds. The van der Waals surface area contributed by atoms with Crippen LogP contribution in [0.1, 0.15) is 16.8 Å². The number of aromatic amines is 1. The number of hydrogen-bond acceptors (Lipinski definition) is 2. The van der Waals surface area contributed by atoms with Crippen molar-refractivity contribution in [2.75, 3.05) is 0 Å². The Morgan fingerprint density at radius 2 is 1.89 bits per heavy atom. The Bertz CT molecular complexity index is 674. The van der Waals surface area contributed by atoms with Gasteiger partial charge in [0, 0.05) is 16.8 Å². The first-order chi connectivity index (χ1) is 8.79. The van der Waals surface area contributed by atoms with Crippen LogP contribution in [0.2, 0.25) is 0 Å². The van der Waals surface area contributed by atoms with Crippen molar-refractivity contribution < 1.29 is 13.2 Å². The van der Waals surface area contributed by atoms with E-state index >= 15 is 0 Å². The van der Waals surface area contributed by atoms with E-state index in [1.807, 2.05) is 13.8 Å². The van der Waals surface area contributed by atoms with Crippen LogP contribution in [0.5, 0.6) is 0 Å². The molecule has 0 radical (unpaired) electrons. The lowest BCUT2D eigenvalue weighted by atomic mass is 10.1. The predicted molar refractivity (Wildman–Crippen MR) is 69.3 cm³/mol. The molecule has 2 aromatic rings. The fraction of sp³-hybridized carbons (Fsp3) is 0.231. The van der Waals surface area contributed by atoms with Crippen LogP contribution >= 0.6 is 12.2 Å². The second-order valence-corrected chi connectivity index (χ2v) is 4.61. The number of nitrogens with one attached hydrogen (secondary N) is 1. The average Bonchev–Trinajstić information content (AvgIpc) is 2.34. The largest absolute Gasteiger partial charge is 0.416 e. The van der Waals surface area contributed by atoms with Gasteiger partial charge in [-0.15, -0.1) is 0 Å². The van der Waals surface area contributed by atoms with E-state index in [0.29, 0.717) is 16.0 Å². The van der Waals surface area contributed by atoms with Gasteiger partial charge in [0.2, 0.25) is 0 Å². The number of nitrogens with zero attached hydrogens (tertiary/aromatic N) is 1. The van der Waals surface area contributed by atoms with Crippen LogP contribution < -0.4 is 0 Å². The molecule has 19 heavy (non-hydrogen) atoms. The third kappa shape index (κ3) is 2.84. The maximum absolute atomic E-state index is 12.7. The van der Waals surface area contributed by atoms with E-state index in [9.17, 15) is 13.2 Å². The minimum absolute atomic E-state index is 0.346. The number of rotatable bonds is 1. The summed E-state index contributed by atoms with van der Waals surface area (Å²) in [4.78, 5) is 7.09. The van der Waals surface area contributed by atoms with Gasteiger partial charge in [-0.3, -0.25) is 0 Å². The lowest BCUT2D eigenvalue weighted by Crippen LogP contribution is -2.05. The Morgan fingerprint density at radius 1 is 1.21 bits per heavy atom. The summed E-state index contributed by atoms with van der Waals surface area (Å²) >= 11 is 5.08. The van der Waals surface area contributed by atoms with Crippen LogP contribution in [0.25, 0.3) is 11.4 Å². The fourth-order valence-electron chi connectivity index (χ4n) is 1.62. The highest BCUT2D eigenvalue weighted by atomic mass is 32.1. The highest BCUT2D eigenvalue weighted by Crippen LogP contribution is 2.31. The number of alkyl halides is 3. The van der Waals surface area contributed by atoms with Crippen molar-refractivity contribution in [3.8, 4) is 11.4 Å².